The minimum Gasteiger partial charge on any atom is -0.343 e. The standard InChI is InChI=1S/C11H15N5O3/c1-15-8(5-10(17)16(2)11(15)18)6-12-4-3-9-13-7-19-14-9/h5,7,12H,3-4,6H2,1-2H3. The largest absolute Gasteiger partial charge is 0.343 e. The number of hydrogen-bond acceptors (Lipinski definition) is 6. The number of rotatable bonds is 5. The van der Waals surface area contributed by atoms with Crippen LogP contribution in [0.3, 0.4) is 0 Å². The maximum atomic E-state index is 11.7. The lowest BCUT2D eigenvalue weighted by Gasteiger charge is -2.09. The van der Waals surface area contributed by atoms with E-state index in [1.165, 1.54) is 24.1 Å². The summed E-state index contributed by atoms with van der Waals surface area (Å²) in [5.74, 6) is 0.616. The second-order valence-electron chi connectivity index (χ2n) is 4.15. The van der Waals surface area contributed by atoms with Crippen LogP contribution < -0.4 is 16.6 Å². The van der Waals surface area contributed by atoms with Crippen molar-refractivity contribution in [1.29, 1.82) is 0 Å². The lowest BCUT2D eigenvalue weighted by atomic mass is 10.3. The zero-order valence-corrected chi connectivity index (χ0v) is 10.8. The molecule has 0 atom stereocenters. The summed E-state index contributed by atoms with van der Waals surface area (Å²) in [6.07, 6.45) is 1.90. The van der Waals surface area contributed by atoms with Gasteiger partial charge >= 0.3 is 5.69 Å². The summed E-state index contributed by atoms with van der Waals surface area (Å²) in [6, 6.07) is 1.45. The minimum atomic E-state index is -0.331. The third-order valence-electron chi connectivity index (χ3n) is 2.86. The van der Waals surface area contributed by atoms with Crippen molar-refractivity contribution in [2.75, 3.05) is 6.54 Å². The Labute approximate surface area is 108 Å². The van der Waals surface area contributed by atoms with Gasteiger partial charge in [-0.3, -0.25) is 13.9 Å². The van der Waals surface area contributed by atoms with E-state index in [1.807, 2.05) is 0 Å². The van der Waals surface area contributed by atoms with Crippen LogP contribution in [-0.4, -0.2) is 25.8 Å². The smallest absolute Gasteiger partial charge is 0.330 e. The van der Waals surface area contributed by atoms with Crippen molar-refractivity contribution in [3.05, 3.63) is 44.8 Å². The zero-order chi connectivity index (χ0) is 13.8. The summed E-state index contributed by atoms with van der Waals surface area (Å²) < 4.78 is 7.13. The third-order valence-corrected chi connectivity index (χ3v) is 2.86. The van der Waals surface area contributed by atoms with Crippen molar-refractivity contribution in [2.45, 2.75) is 13.0 Å². The molecule has 0 radical (unpaired) electrons. The molecule has 0 unspecified atom stereocenters. The Hall–Kier alpha value is -2.22. The second-order valence-corrected chi connectivity index (χ2v) is 4.15. The fourth-order valence-electron chi connectivity index (χ4n) is 1.67. The van der Waals surface area contributed by atoms with Gasteiger partial charge in [-0.05, 0) is 0 Å². The molecule has 0 spiro atoms. The number of nitrogens with one attached hydrogen (secondary N) is 1. The molecule has 0 amide bonds. The quantitative estimate of drug-likeness (QED) is 0.682. The SMILES string of the molecule is Cn1c(CNCCc2ncon2)cc(=O)n(C)c1=O. The Kier molecular flexibility index (Phi) is 3.91. The molecule has 1 N–H and O–H groups in total. The van der Waals surface area contributed by atoms with Crippen molar-refractivity contribution in [3.8, 4) is 0 Å². The summed E-state index contributed by atoms with van der Waals surface area (Å²) in [5.41, 5.74) is 0.00162. The third kappa shape index (κ3) is 2.97. The molecule has 0 saturated carbocycles. The molecule has 0 aliphatic heterocycles. The predicted octanol–water partition coefficient (Wildman–Crippen LogP) is -1.20. The highest BCUT2D eigenvalue weighted by Crippen LogP contribution is 1.92. The second kappa shape index (κ2) is 5.61. The molecule has 0 bridgehead atoms. The van der Waals surface area contributed by atoms with Gasteiger partial charge in [0.25, 0.3) is 5.56 Å². The van der Waals surface area contributed by atoms with Gasteiger partial charge in [0.2, 0.25) is 6.39 Å². The van der Waals surface area contributed by atoms with E-state index >= 15 is 0 Å². The van der Waals surface area contributed by atoms with E-state index in [9.17, 15) is 9.59 Å². The van der Waals surface area contributed by atoms with Crippen molar-refractivity contribution in [3.63, 3.8) is 0 Å². The molecule has 19 heavy (non-hydrogen) atoms. The van der Waals surface area contributed by atoms with Gasteiger partial charge in [0.15, 0.2) is 5.82 Å². The van der Waals surface area contributed by atoms with Gasteiger partial charge in [0.1, 0.15) is 0 Å². The average molecular weight is 265 g/mol. The number of aromatic nitrogens is 4. The predicted molar refractivity (Wildman–Crippen MR) is 66.6 cm³/mol. The summed E-state index contributed by atoms with van der Waals surface area (Å²) >= 11 is 0. The molecule has 0 fully saturated rings. The average Bonchev–Trinajstić information content (AvgIpc) is 2.91. The van der Waals surface area contributed by atoms with Crippen LogP contribution in [0.1, 0.15) is 11.5 Å². The molecule has 2 aromatic heterocycles. The van der Waals surface area contributed by atoms with E-state index < -0.39 is 0 Å². The summed E-state index contributed by atoms with van der Waals surface area (Å²) in [6.45, 7) is 1.06. The van der Waals surface area contributed by atoms with Crippen LogP contribution in [0.5, 0.6) is 0 Å². The highest BCUT2D eigenvalue weighted by molar-refractivity contribution is 5.01. The molecule has 2 heterocycles. The van der Waals surface area contributed by atoms with Crippen LogP contribution in [-0.2, 0) is 27.1 Å². The summed E-state index contributed by atoms with van der Waals surface area (Å²) in [7, 11) is 3.09. The van der Waals surface area contributed by atoms with Gasteiger partial charge in [-0.1, -0.05) is 5.16 Å². The molecular formula is C11H15N5O3. The maximum Gasteiger partial charge on any atom is 0.330 e. The van der Waals surface area contributed by atoms with Gasteiger partial charge in [-0.2, -0.15) is 4.98 Å². The monoisotopic (exact) mass is 265 g/mol. The van der Waals surface area contributed by atoms with Gasteiger partial charge < -0.3 is 9.84 Å². The number of hydrogen-bond donors (Lipinski definition) is 1. The van der Waals surface area contributed by atoms with Crippen molar-refractivity contribution in [2.24, 2.45) is 14.1 Å². The van der Waals surface area contributed by atoms with Crippen LogP contribution in [0.15, 0.2) is 26.6 Å². The molecule has 0 saturated heterocycles. The maximum absolute atomic E-state index is 11.7. The van der Waals surface area contributed by atoms with E-state index in [4.69, 9.17) is 0 Å². The molecular weight excluding hydrogens is 250 g/mol. The lowest BCUT2D eigenvalue weighted by Crippen LogP contribution is -2.39. The first-order valence-electron chi connectivity index (χ1n) is 5.81. The molecule has 0 aliphatic rings. The number of nitrogens with zero attached hydrogens (tertiary/aromatic N) is 4. The summed E-state index contributed by atoms with van der Waals surface area (Å²) in [5, 5.41) is 6.81. The Morgan fingerprint density at radius 1 is 1.32 bits per heavy atom. The topological polar surface area (TPSA) is 94.9 Å². The summed E-state index contributed by atoms with van der Waals surface area (Å²) in [4.78, 5) is 27.1. The fraction of sp³-hybridized carbons (Fsp3) is 0.455. The minimum absolute atomic E-state index is 0.307. The van der Waals surface area contributed by atoms with Crippen LogP contribution in [0, 0.1) is 0 Å². The molecule has 8 nitrogen and oxygen atoms in total. The van der Waals surface area contributed by atoms with Gasteiger partial charge in [-0.15, -0.1) is 0 Å². The van der Waals surface area contributed by atoms with Crippen LogP contribution in [0.2, 0.25) is 0 Å². The van der Waals surface area contributed by atoms with E-state index in [0.29, 0.717) is 31.0 Å². The molecule has 0 aromatic carbocycles. The van der Waals surface area contributed by atoms with Crippen molar-refractivity contribution >= 4 is 0 Å². The molecule has 0 aliphatic carbocycles. The first kappa shape index (κ1) is 13.2. The Morgan fingerprint density at radius 3 is 2.79 bits per heavy atom. The highest BCUT2D eigenvalue weighted by atomic mass is 16.5. The van der Waals surface area contributed by atoms with Crippen molar-refractivity contribution in [1.82, 2.24) is 24.6 Å². The van der Waals surface area contributed by atoms with Gasteiger partial charge in [-0.25, -0.2) is 4.79 Å². The van der Waals surface area contributed by atoms with Crippen LogP contribution in [0.25, 0.3) is 0 Å². The van der Waals surface area contributed by atoms with E-state index in [1.54, 1.807) is 7.05 Å². The first-order chi connectivity index (χ1) is 9.09. The van der Waals surface area contributed by atoms with E-state index in [-0.39, 0.29) is 11.2 Å². The normalized spacial score (nSPS) is 10.8. The zero-order valence-electron chi connectivity index (χ0n) is 10.8. The van der Waals surface area contributed by atoms with Crippen LogP contribution in [0.4, 0.5) is 0 Å². The van der Waals surface area contributed by atoms with Crippen LogP contribution >= 0.6 is 0 Å². The molecule has 8 heteroatoms. The van der Waals surface area contributed by atoms with E-state index in [0.717, 1.165) is 4.57 Å². The highest BCUT2D eigenvalue weighted by Gasteiger charge is 2.05. The molecule has 102 valence electrons. The van der Waals surface area contributed by atoms with Gasteiger partial charge in [0, 0.05) is 45.4 Å². The van der Waals surface area contributed by atoms with Gasteiger partial charge in [0.05, 0.1) is 0 Å². The van der Waals surface area contributed by atoms with Crippen molar-refractivity contribution < 1.29 is 4.52 Å². The molecule has 2 rings (SSSR count). The Bertz CT molecular complexity index is 656. The Morgan fingerprint density at radius 2 is 2.11 bits per heavy atom. The fourth-order valence-corrected chi connectivity index (χ4v) is 1.67. The first-order valence-corrected chi connectivity index (χ1v) is 5.81. The van der Waals surface area contributed by atoms with E-state index in [2.05, 4.69) is 20.0 Å². The Balaban J connectivity index is 1.97. The lowest BCUT2D eigenvalue weighted by molar-refractivity contribution is 0.409. The molecule has 2 aromatic rings.